The van der Waals surface area contributed by atoms with E-state index in [-0.39, 0.29) is 10.5 Å². The van der Waals surface area contributed by atoms with Crippen molar-refractivity contribution in [3.63, 3.8) is 0 Å². The third kappa shape index (κ3) is 6.16. The van der Waals surface area contributed by atoms with Gasteiger partial charge in [0, 0.05) is 11.9 Å². The fourth-order valence-electron chi connectivity index (χ4n) is 2.69. The Bertz CT molecular complexity index is 1190. The predicted molar refractivity (Wildman–Crippen MR) is 116 cm³/mol. The molecule has 0 aliphatic heterocycles. The third-order valence-electron chi connectivity index (χ3n) is 4.31. The van der Waals surface area contributed by atoms with Gasteiger partial charge in [0.25, 0.3) is 5.91 Å². The number of nitrogens with one attached hydrogen (secondary N) is 1. The molecule has 0 aromatic heterocycles. The number of aryl methyl sites for hydroxylation is 1. The minimum Gasteiger partial charge on any atom is -0.457 e. The quantitative estimate of drug-likeness (QED) is 0.559. The molecule has 3 aromatic carbocycles. The molecule has 160 valence electrons. The Morgan fingerprint density at radius 2 is 1.55 bits per heavy atom. The third-order valence-corrected chi connectivity index (χ3v) is 5.42. The highest BCUT2D eigenvalue weighted by atomic mass is 32.2. The molecule has 0 unspecified atom stereocenters. The summed E-state index contributed by atoms with van der Waals surface area (Å²) in [6.45, 7) is 1.14. The highest BCUT2D eigenvalue weighted by Crippen LogP contribution is 2.22. The minimum atomic E-state index is -3.47. The number of amides is 1. The first-order valence-electron chi connectivity index (χ1n) is 9.33. The summed E-state index contributed by atoms with van der Waals surface area (Å²) in [5.41, 5.74) is 1.15. The maximum atomic E-state index is 12.3. The number of ether oxygens (including phenoxy) is 2. The maximum Gasteiger partial charge on any atom is 0.338 e. The van der Waals surface area contributed by atoms with Gasteiger partial charge < -0.3 is 14.8 Å². The van der Waals surface area contributed by atoms with Gasteiger partial charge >= 0.3 is 5.97 Å². The van der Waals surface area contributed by atoms with E-state index in [1.54, 1.807) is 31.2 Å². The average Bonchev–Trinajstić information content (AvgIpc) is 2.74. The van der Waals surface area contributed by atoms with E-state index in [0.29, 0.717) is 22.7 Å². The van der Waals surface area contributed by atoms with Crippen LogP contribution in [0.1, 0.15) is 15.9 Å². The summed E-state index contributed by atoms with van der Waals surface area (Å²) in [6, 6.07) is 20.2. The van der Waals surface area contributed by atoms with Crippen molar-refractivity contribution in [3.8, 4) is 11.5 Å². The van der Waals surface area contributed by atoms with Gasteiger partial charge in [0.2, 0.25) is 0 Å². The van der Waals surface area contributed by atoms with Gasteiger partial charge in [0.15, 0.2) is 16.4 Å². The second-order valence-corrected chi connectivity index (χ2v) is 8.83. The lowest BCUT2D eigenvalue weighted by Crippen LogP contribution is -2.21. The van der Waals surface area contributed by atoms with E-state index < -0.39 is 28.3 Å². The molecule has 7 nitrogen and oxygen atoms in total. The van der Waals surface area contributed by atoms with Gasteiger partial charge in [0.1, 0.15) is 11.5 Å². The van der Waals surface area contributed by atoms with Gasteiger partial charge in [-0.1, -0.05) is 24.3 Å². The van der Waals surface area contributed by atoms with Crippen molar-refractivity contribution in [2.45, 2.75) is 11.8 Å². The number of carbonyl (C=O) groups is 2. The van der Waals surface area contributed by atoms with Crippen molar-refractivity contribution in [2.75, 3.05) is 18.2 Å². The Balaban J connectivity index is 1.56. The Morgan fingerprint density at radius 1 is 0.903 bits per heavy atom. The van der Waals surface area contributed by atoms with Crippen molar-refractivity contribution in [2.24, 2.45) is 0 Å². The number of sulfone groups is 1. The van der Waals surface area contributed by atoms with Crippen LogP contribution in [0.25, 0.3) is 0 Å². The second-order valence-electron chi connectivity index (χ2n) is 6.81. The number of esters is 1. The van der Waals surface area contributed by atoms with Gasteiger partial charge in [-0.15, -0.1) is 0 Å². The van der Waals surface area contributed by atoms with Crippen molar-refractivity contribution in [1.82, 2.24) is 0 Å². The Hall–Kier alpha value is -3.65. The molecular formula is C23H21NO6S. The maximum absolute atomic E-state index is 12.3. The van der Waals surface area contributed by atoms with Gasteiger partial charge in [-0.2, -0.15) is 0 Å². The summed E-state index contributed by atoms with van der Waals surface area (Å²) in [6.07, 6.45) is 1.05. The van der Waals surface area contributed by atoms with Crippen molar-refractivity contribution in [1.29, 1.82) is 0 Å². The Morgan fingerprint density at radius 3 is 2.19 bits per heavy atom. The van der Waals surface area contributed by atoms with Crippen LogP contribution in [0.2, 0.25) is 0 Å². The predicted octanol–water partition coefficient (Wildman–Crippen LogP) is 3.99. The largest absolute Gasteiger partial charge is 0.457 e. The van der Waals surface area contributed by atoms with Gasteiger partial charge in [-0.3, -0.25) is 4.79 Å². The summed E-state index contributed by atoms with van der Waals surface area (Å²) in [7, 11) is -3.47. The second kappa shape index (κ2) is 9.44. The highest BCUT2D eigenvalue weighted by molar-refractivity contribution is 7.90. The first kappa shape index (κ1) is 22.0. The van der Waals surface area contributed by atoms with E-state index in [2.05, 4.69) is 5.32 Å². The van der Waals surface area contributed by atoms with Crippen LogP contribution in [0.15, 0.2) is 77.7 Å². The molecule has 3 aromatic rings. The molecule has 0 fully saturated rings. The first-order chi connectivity index (χ1) is 14.7. The Labute approximate surface area is 180 Å². The fraction of sp³-hybridized carbons (Fsp3) is 0.130. The summed E-state index contributed by atoms with van der Waals surface area (Å²) < 4.78 is 34.1. The number of rotatable bonds is 7. The van der Waals surface area contributed by atoms with Crippen molar-refractivity contribution in [3.05, 3.63) is 83.9 Å². The van der Waals surface area contributed by atoms with E-state index in [1.165, 1.54) is 18.2 Å². The number of hydrogen-bond donors (Lipinski definition) is 1. The van der Waals surface area contributed by atoms with Crippen LogP contribution in [0, 0.1) is 6.92 Å². The Kier molecular flexibility index (Phi) is 6.71. The smallest absolute Gasteiger partial charge is 0.338 e. The standard InChI is InChI=1S/C23H21NO6S/c1-16-8-13-20(31(2,27)28)14-21(16)23(26)29-15-22(25)24-17-9-11-19(12-10-17)30-18-6-4-3-5-7-18/h3-14H,15H2,1-2H3,(H,24,25). The van der Waals surface area contributed by atoms with Crippen LogP contribution in [0.4, 0.5) is 5.69 Å². The lowest BCUT2D eigenvalue weighted by Gasteiger charge is -2.10. The molecule has 0 radical (unpaired) electrons. The number of carbonyl (C=O) groups excluding carboxylic acids is 2. The summed E-state index contributed by atoms with van der Waals surface area (Å²) >= 11 is 0. The monoisotopic (exact) mass is 439 g/mol. The molecule has 1 N–H and O–H groups in total. The lowest BCUT2D eigenvalue weighted by atomic mass is 10.1. The molecule has 0 aliphatic carbocycles. The molecule has 1 amide bonds. The number of para-hydroxylation sites is 1. The van der Waals surface area contributed by atoms with E-state index >= 15 is 0 Å². The normalized spacial score (nSPS) is 10.9. The first-order valence-corrected chi connectivity index (χ1v) is 11.2. The summed E-state index contributed by atoms with van der Waals surface area (Å²) in [4.78, 5) is 24.4. The molecule has 0 bridgehead atoms. The highest BCUT2D eigenvalue weighted by Gasteiger charge is 2.17. The number of anilines is 1. The van der Waals surface area contributed by atoms with E-state index in [9.17, 15) is 18.0 Å². The molecule has 0 saturated carbocycles. The number of hydrogen-bond acceptors (Lipinski definition) is 6. The van der Waals surface area contributed by atoms with Crippen molar-refractivity contribution >= 4 is 27.4 Å². The molecule has 31 heavy (non-hydrogen) atoms. The average molecular weight is 439 g/mol. The molecule has 0 atom stereocenters. The van der Waals surface area contributed by atoms with E-state index in [0.717, 1.165) is 6.26 Å². The zero-order valence-electron chi connectivity index (χ0n) is 17.0. The van der Waals surface area contributed by atoms with Gasteiger partial charge in [-0.05, 0) is 61.0 Å². The minimum absolute atomic E-state index is 0.00677. The van der Waals surface area contributed by atoms with Crippen LogP contribution >= 0.6 is 0 Å². The molecule has 0 spiro atoms. The SMILES string of the molecule is Cc1ccc(S(C)(=O)=O)cc1C(=O)OCC(=O)Nc1ccc(Oc2ccccc2)cc1. The molecule has 8 heteroatoms. The van der Waals surface area contributed by atoms with Crippen LogP contribution in [0.3, 0.4) is 0 Å². The molecule has 0 saturated heterocycles. The molecular weight excluding hydrogens is 418 g/mol. The zero-order chi connectivity index (χ0) is 22.4. The van der Waals surface area contributed by atoms with Crippen LogP contribution in [0.5, 0.6) is 11.5 Å². The van der Waals surface area contributed by atoms with E-state index in [1.807, 2.05) is 30.3 Å². The lowest BCUT2D eigenvalue weighted by molar-refractivity contribution is -0.119. The fourth-order valence-corrected chi connectivity index (χ4v) is 3.34. The van der Waals surface area contributed by atoms with Gasteiger partial charge in [-0.25, -0.2) is 13.2 Å². The van der Waals surface area contributed by atoms with Crippen LogP contribution in [-0.4, -0.2) is 33.2 Å². The summed E-state index contributed by atoms with van der Waals surface area (Å²) in [5, 5.41) is 2.62. The number of benzene rings is 3. The zero-order valence-corrected chi connectivity index (χ0v) is 17.8. The van der Waals surface area contributed by atoms with Crippen LogP contribution < -0.4 is 10.1 Å². The van der Waals surface area contributed by atoms with Gasteiger partial charge in [0.05, 0.1) is 10.5 Å². The van der Waals surface area contributed by atoms with Crippen LogP contribution in [-0.2, 0) is 19.4 Å². The summed E-state index contributed by atoms with van der Waals surface area (Å²) in [5.74, 6) is 0.00468. The topological polar surface area (TPSA) is 98.8 Å². The molecule has 0 heterocycles. The van der Waals surface area contributed by atoms with Crippen molar-refractivity contribution < 1.29 is 27.5 Å². The molecule has 0 aliphatic rings. The molecule has 3 rings (SSSR count). The van der Waals surface area contributed by atoms with E-state index in [4.69, 9.17) is 9.47 Å².